The van der Waals surface area contributed by atoms with Crippen molar-refractivity contribution in [2.45, 2.75) is 13.0 Å². The third kappa shape index (κ3) is 3.02. The van der Waals surface area contributed by atoms with E-state index >= 15 is 0 Å². The summed E-state index contributed by atoms with van der Waals surface area (Å²) in [7, 11) is 0. The monoisotopic (exact) mass is 247 g/mol. The zero-order valence-electron chi connectivity index (χ0n) is 9.60. The maximum atomic E-state index is 5.89. The summed E-state index contributed by atoms with van der Waals surface area (Å²) in [5.74, 6) is 0. The van der Waals surface area contributed by atoms with Crippen LogP contribution in [-0.2, 0) is 0 Å². The summed E-state index contributed by atoms with van der Waals surface area (Å²) >= 11 is 5.89. The molecule has 2 rings (SSSR count). The zero-order valence-corrected chi connectivity index (χ0v) is 10.4. The third-order valence-corrected chi connectivity index (χ3v) is 2.78. The van der Waals surface area contributed by atoms with Crippen molar-refractivity contribution in [2.75, 3.05) is 6.54 Å². The fraction of sp³-hybridized carbons (Fsp3) is 0.231. The number of aromatic nitrogens is 2. The van der Waals surface area contributed by atoms with Crippen molar-refractivity contribution in [3.8, 4) is 0 Å². The summed E-state index contributed by atoms with van der Waals surface area (Å²) in [4.78, 5) is 8.11. The molecule has 88 valence electrons. The molecule has 0 saturated carbocycles. The minimum atomic E-state index is 0.110. The van der Waals surface area contributed by atoms with Gasteiger partial charge in [0, 0.05) is 23.0 Å². The molecule has 0 radical (unpaired) electrons. The fourth-order valence-corrected chi connectivity index (χ4v) is 1.87. The molecule has 0 bridgehead atoms. The Morgan fingerprint density at radius 2 is 1.76 bits per heavy atom. The van der Waals surface area contributed by atoms with Crippen molar-refractivity contribution in [3.63, 3.8) is 0 Å². The smallest absolute Gasteiger partial charge is 0.115 e. The molecule has 0 spiro atoms. The van der Waals surface area contributed by atoms with Gasteiger partial charge in [0.1, 0.15) is 6.33 Å². The van der Waals surface area contributed by atoms with E-state index in [2.05, 4.69) is 22.2 Å². The van der Waals surface area contributed by atoms with Gasteiger partial charge in [0.25, 0.3) is 0 Å². The van der Waals surface area contributed by atoms with E-state index in [4.69, 9.17) is 11.6 Å². The van der Waals surface area contributed by atoms with Crippen LogP contribution in [0.2, 0.25) is 5.02 Å². The quantitative estimate of drug-likeness (QED) is 0.903. The molecule has 1 atom stereocenters. The number of hydrogen-bond donors (Lipinski definition) is 1. The Labute approximate surface area is 106 Å². The van der Waals surface area contributed by atoms with Crippen LogP contribution in [0.15, 0.2) is 43.0 Å². The molecule has 2 aromatic rings. The number of halogens is 1. The standard InChI is InChI=1S/C13H14ClN3/c1-2-17-13(11-7-15-9-16-8-11)10-3-5-12(14)6-4-10/h3-9,13,17H,2H2,1H3. The Hall–Kier alpha value is -1.45. The molecule has 17 heavy (non-hydrogen) atoms. The van der Waals surface area contributed by atoms with Crippen molar-refractivity contribution in [2.24, 2.45) is 0 Å². The first-order valence-electron chi connectivity index (χ1n) is 5.55. The first-order chi connectivity index (χ1) is 8.31. The van der Waals surface area contributed by atoms with Gasteiger partial charge < -0.3 is 5.32 Å². The maximum absolute atomic E-state index is 5.89. The Bertz CT molecular complexity index is 456. The van der Waals surface area contributed by atoms with Gasteiger partial charge in [-0.2, -0.15) is 0 Å². The van der Waals surface area contributed by atoms with Gasteiger partial charge in [-0.05, 0) is 24.2 Å². The third-order valence-electron chi connectivity index (χ3n) is 2.53. The highest BCUT2D eigenvalue weighted by atomic mass is 35.5. The molecule has 0 aliphatic carbocycles. The first kappa shape index (κ1) is 12.0. The molecular weight excluding hydrogens is 234 g/mol. The van der Waals surface area contributed by atoms with Crippen LogP contribution in [0.1, 0.15) is 24.1 Å². The van der Waals surface area contributed by atoms with Crippen molar-refractivity contribution >= 4 is 11.6 Å². The summed E-state index contributed by atoms with van der Waals surface area (Å²) < 4.78 is 0. The lowest BCUT2D eigenvalue weighted by molar-refractivity contribution is 0.626. The molecule has 0 saturated heterocycles. The van der Waals surface area contributed by atoms with Crippen LogP contribution >= 0.6 is 11.6 Å². The SMILES string of the molecule is CCNC(c1ccc(Cl)cc1)c1cncnc1. The molecule has 0 amide bonds. The van der Waals surface area contributed by atoms with Crippen molar-refractivity contribution < 1.29 is 0 Å². The van der Waals surface area contributed by atoms with Crippen LogP contribution < -0.4 is 5.32 Å². The van der Waals surface area contributed by atoms with Crippen LogP contribution in [0.25, 0.3) is 0 Å². The Morgan fingerprint density at radius 1 is 1.12 bits per heavy atom. The number of nitrogens with zero attached hydrogens (tertiary/aromatic N) is 2. The number of benzene rings is 1. The molecule has 0 fully saturated rings. The normalized spacial score (nSPS) is 12.4. The maximum Gasteiger partial charge on any atom is 0.115 e. The lowest BCUT2D eigenvalue weighted by atomic mass is 10.0. The second kappa shape index (κ2) is 5.75. The molecule has 1 aromatic heterocycles. The molecule has 0 aliphatic rings. The van der Waals surface area contributed by atoms with Crippen LogP contribution in [0, 0.1) is 0 Å². The van der Waals surface area contributed by atoms with E-state index in [1.807, 2.05) is 36.7 Å². The van der Waals surface area contributed by atoms with Gasteiger partial charge in [-0.3, -0.25) is 0 Å². The van der Waals surface area contributed by atoms with Crippen molar-refractivity contribution in [1.29, 1.82) is 0 Å². The minimum absolute atomic E-state index is 0.110. The van der Waals surface area contributed by atoms with Crippen molar-refractivity contribution in [3.05, 3.63) is 59.1 Å². The molecule has 1 unspecified atom stereocenters. The van der Waals surface area contributed by atoms with Gasteiger partial charge in [0.2, 0.25) is 0 Å². The van der Waals surface area contributed by atoms with Crippen LogP contribution in [-0.4, -0.2) is 16.5 Å². The number of nitrogens with one attached hydrogen (secondary N) is 1. The van der Waals surface area contributed by atoms with Gasteiger partial charge in [0.05, 0.1) is 6.04 Å². The van der Waals surface area contributed by atoms with Gasteiger partial charge >= 0.3 is 0 Å². The summed E-state index contributed by atoms with van der Waals surface area (Å²) in [6.45, 7) is 2.95. The van der Waals surface area contributed by atoms with E-state index < -0.39 is 0 Å². The van der Waals surface area contributed by atoms with E-state index in [1.165, 1.54) is 6.33 Å². The van der Waals surface area contributed by atoms with Gasteiger partial charge in [-0.15, -0.1) is 0 Å². The van der Waals surface area contributed by atoms with Crippen LogP contribution in [0.4, 0.5) is 0 Å². The average molecular weight is 248 g/mol. The van der Waals surface area contributed by atoms with E-state index in [0.29, 0.717) is 0 Å². The Kier molecular flexibility index (Phi) is 4.07. The van der Waals surface area contributed by atoms with E-state index in [9.17, 15) is 0 Å². The molecule has 1 heterocycles. The molecule has 1 aromatic carbocycles. The molecule has 3 nitrogen and oxygen atoms in total. The van der Waals surface area contributed by atoms with E-state index in [-0.39, 0.29) is 6.04 Å². The Balaban J connectivity index is 2.32. The average Bonchev–Trinajstić information content (AvgIpc) is 2.38. The lowest BCUT2D eigenvalue weighted by Crippen LogP contribution is -2.22. The topological polar surface area (TPSA) is 37.8 Å². The highest BCUT2D eigenvalue weighted by Gasteiger charge is 2.12. The molecule has 1 N–H and O–H groups in total. The molecule has 4 heteroatoms. The molecular formula is C13H14ClN3. The fourth-order valence-electron chi connectivity index (χ4n) is 1.75. The van der Waals surface area contributed by atoms with E-state index in [0.717, 1.165) is 22.7 Å². The van der Waals surface area contributed by atoms with Crippen LogP contribution in [0.5, 0.6) is 0 Å². The lowest BCUT2D eigenvalue weighted by Gasteiger charge is -2.18. The summed E-state index contributed by atoms with van der Waals surface area (Å²) in [6.07, 6.45) is 5.19. The molecule has 0 aliphatic heterocycles. The predicted molar refractivity (Wildman–Crippen MR) is 69.0 cm³/mol. The predicted octanol–water partition coefficient (Wildman–Crippen LogP) is 2.83. The zero-order chi connectivity index (χ0) is 12.1. The van der Waals surface area contributed by atoms with E-state index in [1.54, 1.807) is 0 Å². The number of hydrogen-bond acceptors (Lipinski definition) is 3. The highest BCUT2D eigenvalue weighted by Crippen LogP contribution is 2.22. The van der Waals surface area contributed by atoms with Gasteiger partial charge in [-0.1, -0.05) is 30.7 Å². The van der Waals surface area contributed by atoms with Gasteiger partial charge in [0.15, 0.2) is 0 Å². The van der Waals surface area contributed by atoms with Crippen LogP contribution in [0.3, 0.4) is 0 Å². The first-order valence-corrected chi connectivity index (χ1v) is 5.93. The van der Waals surface area contributed by atoms with Gasteiger partial charge in [-0.25, -0.2) is 9.97 Å². The Morgan fingerprint density at radius 3 is 2.35 bits per heavy atom. The summed E-state index contributed by atoms with van der Waals surface area (Å²) in [5, 5.41) is 4.16. The number of rotatable bonds is 4. The largest absolute Gasteiger partial charge is 0.306 e. The second-order valence-electron chi connectivity index (χ2n) is 3.71. The second-order valence-corrected chi connectivity index (χ2v) is 4.15. The van der Waals surface area contributed by atoms with Crippen molar-refractivity contribution in [1.82, 2.24) is 15.3 Å². The summed E-state index contributed by atoms with van der Waals surface area (Å²) in [6, 6.07) is 7.93. The highest BCUT2D eigenvalue weighted by molar-refractivity contribution is 6.30. The summed E-state index contributed by atoms with van der Waals surface area (Å²) in [5.41, 5.74) is 2.21. The minimum Gasteiger partial charge on any atom is -0.306 e.